The zero-order chi connectivity index (χ0) is 13.0. The summed E-state index contributed by atoms with van der Waals surface area (Å²) in [5.74, 6) is -2.67. The van der Waals surface area contributed by atoms with Crippen molar-refractivity contribution in [1.82, 2.24) is 5.32 Å². The molecule has 94 valence electrons. The SMILES string of the molecule is Cc1ccsc1CNC(=O)C(C(=O)O)C(C)C. The molecule has 1 heterocycles. The van der Waals surface area contributed by atoms with Gasteiger partial charge in [0.1, 0.15) is 5.92 Å². The van der Waals surface area contributed by atoms with E-state index in [9.17, 15) is 9.59 Å². The molecule has 0 spiro atoms. The van der Waals surface area contributed by atoms with Gasteiger partial charge in [-0.3, -0.25) is 9.59 Å². The van der Waals surface area contributed by atoms with Crippen LogP contribution in [0.5, 0.6) is 0 Å². The molecular formula is C12H17NO3S. The first-order valence-corrected chi connectivity index (χ1v) is 6.35. The highest BCUT2D eigenvalue weighted by molar-refractivity contribution is 7.10. The van der Waals surface area contributed by atoms with E-state index in [-0.39, 0.29) is 5.92 Å². The van der Waals surface area contributed by atoms with E-state index in [0.29, 0.717) is 6.54 Å². The summed E-state index contributed by atoms with van der Waals surface area (Å²) < 4.78 is 0. The van der Waals surface area contributed by atoms with E-state index in [0.717, 1.165) is 10.4 Å². The number of carboxylic acid groups (broad SMARTS) is 1. The first-order chi connectivity index (χ1) is 7.93. The van der Waals surface area contributed by atoms with Gasteiger partial charge in [0.2, 0.25) is 5.91 Å². The number of aliphatic carboxylic acids is 1. The lowest BCUT2D eigenvalue weighted by atomic mass is 9.95. The summed E-state index contributed by atoms with van der Waals surface area (Å²) in [7, 11) is 0. The lowest BCUT2D eigenvalue weighted by Crippen LogP contribution is -2.37. The summed E-state index contributed by atoms with van der Waals surface area (Å²) in [4.78, 5) is 23.8. The second-order valence-corrected chi connectivity index (χ2v) is 5.31. The van der Waals surface area contributed by atoms with Crippen molar-refractivity contribution in [2.45, 2.75) is 27.3 Å². The Labute approximate surface area is 105 Å². The Balaban J connectivity index is 2.60. The van der Waals surface area contributed by atoms with Gasteiger partial charge in [-0.25, -0.2) is 0 Å². The Bertz CT molecular complexity index is 412. The largest absolute Gasteiger partial charge is 0.481 e. The van der Waals surface area contributed by atoms with Crippen molar-refractivity contribution in [3.05, 3.63) is 21.9 Å². The molecule has 0 saturated carbocycles. The number of hydrogen-bond donors (Lipinski definition) is 2. The highest BCUT2D eigenvalue weighted by Crippen LogP contribution is 2.16. The van der Waals surface area contributed by atoms with Crippen LogP contribution in [0.2, 0.25) is 0 Å². The molecule has 5 heteroatoms. The van der Waals surface area contributed by atoms with Gasteiger partial charge in [-0.2, -0.15) is 0 Å². The highest BCUT2D eigenvalue weighted by atomic mass is 32.1. The second kappa shape index (κ2) is 5.82. The van der Waals surface area contributed by atoms with Gasteiger partial charge >= 0.3 is 5.97 Å². The molecule has 1 amide bonds. The Kier molecular flexibility index (Phi) is 4.69. The number of carbonyl (C=O) groups is 2. The van der Waals surface area contributed by atoms with E-state index in [2.05, 4.69) is 5.32 Å². The van der Waals surface area contributed by atoms with Crippen LogP contribution in [0.25, 0.3) is 0 Å². The number of aryl methyl sites for hydroxylation is 1. The lowest BCUT2D eigenvalue weighted by Gasteiger charge is -2.15. The number of carbonyl (C=O) groups excluding carboxylic acids is 1. The maximum Gasteiger partial charge on any atom is 0.316 e. The molecule has 1 unspecified atom stereocenters. The van der Waals surface area contributed by atoms with E-state index in [4.69, 9.17) is 5.11 Å². The molecule has 0 aromatic carbocycles. The van der Waals surface area contributed by atoms with Crippen LogP contribution in [0.3, 0.4) is 0 Å². The molecule has 2 N–H and O–H groups in total. The van der Waals surface area contributed by atoms with Gasteiger partial charge in [0.05, 0.1) is 6.54 Å². The maximum absolute atomic E-state index is 11.7. The number of hydrogen-bond acceptors (Lipinski definition) is 3. The molecule has 1 atom stereocenters. The highest BCUT2D eigenvalue weighted by Gasteiger charge is 2.29. The molecule has 0 aliphatic heterocycles. The zero-order valence-electron chi connectivity index (χ0n) is 10.2. The molecule has 0 aliphatic carbocycles. The summed E-state index contributed by atoms with van der Waals surface area (Å²) in [5, 5.41) is 13.6. The third-order valence-corrected chi connectivity index (χ3v) is 3.63. The van der Waals surface area contributed by atoms with Gasteiger partial charge in [-0.15, -0.1) is 11.3 Å². The standard InChI is InChI=1S/C12H17NO3S/c1-7(2)10(12(15)16)11(14)13-6-9-8(3)4-5-17-9/h4-5,7,10H,6H2,1-3H3,(H,13,14)(H,15,16). The first-order valence-electron chi connectivity index (χ1n) is 5.47. The van der Waals surface area contributed by atoms with Crippen molar-refractivity contribution in [1.29, 1.82) is 0 Å². The Morgan fingerprint density at radius 3 is 2.53 bits per heavy atom. The molecule has 17 heavy (non-hydrogen) atoms. The molecule has 1 rings (SSSR count). The summed E-state index contributed by atoms with van der Waals surface area (Å²) >= 11 is 1.56. The minimum atomic E-state index is -1.07. The van der Waals surface area contributed by atoms with Crippen molar-refractivity contribution in [2.75, 3.05) is 0 Å². The first kappa shape index (κ1) is 13.7. The van der Waals surface area contributed by atoms with Gasteiger partial charge in [0.25, 0.3) is 0 Å². The normalized spacial score (nSPS) is 12.5. The van der Waals surface area contributed by atoms with Crippen LogP contribution in [0.15, 0.2) is 11.4 Å². The van der Waals surface area contributed by atoms with E-state index < -0.39 is 17.8 Å². The fourth-order valence-electron chi connectivity index (χ4n) is 1.56. The number of rotatable bonds is 5. The smallest absolute Gasteiger partial charge is 0.316 e. The van der Waals surface area contributed by atoms with E-state index in [1.807, 2.05) is 18.4 Å². The third kappa shape index (κ3) is 3.56. The summed E-state index contributed by atoms with van der Waals surface area (Å²) in [6.45, 7) is 5.83. The molecule has 1 aromatic rings. The van der Waals surface area contributed by atoms with Crippen molar-refractivity contribution in [3.63, 3.8) is 0 Å². The Morgan fingerprint density at radius 1 is 1.47 bits per heavy atom. The van der Waals surface area contributed by atoms with Crippen molar-refractivity contribution < 1.29 is 14.7 Å². The predicted molar refractivity (Wildman–Crippen MR) is 66.9 cm³/mol. The molecule has 0 saturated heterocycles. The van der Waals surface area contributed by atoms with Crippen LogP contribution in [0, 0.1) is 18.8 Å². The van der Waals surface area contributed by atoms with Gasteiger partial charge < -0.3 is 10.4 Å². The topological polar surface area (TPSA) is 66.4 Å². The number of thiophene rings is 1. The van der Waals surface area contributed by atoms with Crippen LogP contribution in [-0.2, 0) is 16.1 Å². The molecule has 4 nitrogen and oxygen atoms in total. The number of nitrogens with one attached hydrogen (secondary N) is 1. The van der Waals surface area contributed by atoms with Crippen LogP contribution < -0.4 is 5.32 Å². The van der Waals surface area contributed by atoms with Crippen molar-refractivity contribution >= 4 is 23.2 Å². The van der Waals surface area contributed by atoms with Gasteiger partial charge in [0, 0.05) is 4.88 Å². The van der Waals surface area contributed by atoms with E-state index in [1.54, 1.807) is 25.2 Å². The van der Waals surface area contributed by atoms with Crippen LogP contribution in [-0.4, -0.2) is 17.0 Å². The lowest BCUT2D eigenvalue weighted by molar-refractivity contribution is -0.148. The van der Waals surface area contributed by atoms with Crippen molar-refractivity contribution in [2.24, 2.45) is 11.8 Å². The quantitative estimate of drug-likeness (QED) is 0.791. The van der Waals surface area contributed by atoms with Crippen LogP contribution >= 0.6 is 11.3 Å². The molecule has 1 aromatic heterocycles. The van der Waals surface area contributed by atoms with E-state index >= 15 is 0 Å². The second-order valence-electron chi connectivity index (χ2n) is 4.30. The molecule has 0 fully saturated rings. The monoisotopic (exact) mass is 255 g/mol. The van der Waals surface area contributed by atoms with Gasteiger partial charge in [-0.05, 0) is 29.9 Å². The molecule has 0 bridgehead atoms. The summed E-state index contributed by atoms with van der Waals surface area (Å²) in [5.41, 5.74) is 1.12. The van der Waals surface area contributed by atoms with Crippen LogP contribution in [0.4, 0.5) is 0 Å². The molecule has 0 radical (unpaired) electrons. The fraction of sp³-hybridized carbons (Fsp3) is 0.500. The summed E-state index contributed by atoms with van der Waals surface area (Å²) in [6, 6.07) is 1.98. The molecule has 0 aliphatic rings. The predicted octanol–water partition coefficient (Wildman–Crippen LogP) is 2.03. The number of amides is 1. The average molecular weight is 255 g/mol. The average Bonchev–Trinajstić information content (AvgIpc) is 2.59. The summed E-state index contributed by atoms with van der Waals surface area (Å²) in [6.07, 6.45) is 0. The number of carboxylic acids is 1. The minimum Gasteiger partial charge on any atom is -0.481 e. The molecular weight excluding hydrogens is 238 g/mol. The van der Waals surface area contributed by atoms with E-state index in [1.165, 1.54) is 0 Å². The minimum absolute atomic E-state index is 0.211. The van der Waals surface area contributed by atoms with Crippen LogP contribution in [0.1, 0.15) is 24.3 Å². The maximum atomic E-state index is 11.7. The van der Waals surface area contributed by atoms with Crippen molar-refractivity contribution in [3.8, 4) is 0 Å². The fourth-order valence-corrected chi connectivity index (χ4v) is 2.41. The van der Waals surface area contributed by atoms with Gasteiger partial charge in [-0.1, -0.05) is 13.8 Å². The third-order valence-electron chi connectivity index (χ3n) is 2.61. The zero-order valence-corrected chi connectivity index (χ0v) is 11.0. The Hall–Kier alpha value is -1.36. The Morgan fingerprint density at radius 2 is 2.12 bits per heavy atom. The van der Waals surface area contributed by atoms with Gasteiger partial charge in [0.15, 0.2) is 0 Å².